The van der Waals surface area contributed by atoms with Gasteiger partial charge in [-0.15, -0.1) is 11.3 Å². The van der Waals surface area contributed by atoms with E-state index in [-0.39, 0.29) is 33.7 Å². The molecule has 0 saturated heterocycles. The van der Waals surface area contributed by atoms with Gasteiger partial charge in [0.15, 0.2) is 21.6 Å². The van der Waals surface area contributed by atoms with Crippen molar-refractivity contribution in [1.29, 1.82) is 0 Å². The number of thiophene rings is 1. The molecule has 3 rings (SSSR count). The van der Waals surface area contributed by atoms with Crippen LogP contribution in [0.25, 0.3) is 0 Å². The van der Waals surface area contributed by atoms with E-state index in [9.17, 15) is 13.5 Å². The molecule has 158 valence electrons. The van der Waals surface area contributed by atoms with Gasteiger partial charge in [-0.2, -0.15) is 4.31 Å². The van der Waals surface area contributed by atoms with E-state index >= 15 is 0 Å². The van der Waals surface area contributed by atoms with Crippen molar-refractivity contribution in [2.24, 2.45) is 21.5 Å². The van der Waals surface area contributed by atoms with Crippen molar-refractivity contribution in [3.8, 4) is 5.75 Å². The first kappa shape index (κ1) is 21.3. The van der Waals surface area contributed by atoms with E-state index in [1.54, 1.807) is 0 Å². The average molecular weight is 440 g/mol. The van der Waals surface area contributed by atoms with Gasteiger partial charge >= 0.3 is 0 Å². The van der Waals surface area contributed by atoms with Crippen molar-refractivity contribution in [3.63, 3.8) is 0 Å². The van der Waals surface area contributed by atoms with Gasteiger partial charge < -0.3 is 21.0 Å². The van der Waals surface area contributed by atoms with Gasteiger partial charge in [0.2, 0.25) is 0 Å². The second kappa shape index (κ2) is 8.17. The van der Waals surface area contributed by atoms with E-state index in [0.29, 0.717) is 12.2 Å². The van der Waals surface area contributed by atoms with Crippen LogP contribution in [0, 0.1) is 6.92 Å². The third kappa shape index (κ3) is 4.46. The molecule has 5 N–H and O–H groups in total. The van der Waals surface area contributed by atoms with Crippen molar-refractivity contribution in [2.75, 3.05) is 7.05 Å². The minimum Gasteiger partial charge on any atom is -0.504 e. The third-order valence-corrected chi connectivity index (χ3v) is 8.05. The van der Waals surface area contributed by atoms with Gasteiger partial charge in [0, 0.05) is 18.5 Å². The Kier molecular flexibility index (Phi) is 6.01. The number of hydrogen-bond donors (Lipinski definition) is 3. The van der Waals surface area contributed by atoms with Gasteiger partial charge in [0.25, 0.3) is 10.0 Å². The molecule has 2 aromatic heterocycles. The summed E-state index contributed by atoms with van der Waals surface area (Å²) in [7, 11) is -2.27. The van der Waals surface area contributed by atoms with Crippen LogP contribution in [0.1, 0.15) is 43.7 Å². The topological polar surface area (TPSA) is 148 Å². The molecule has 0 bridgehead atoms. The highest BCUT2D eigenvalue weighted by Crippen LogP contribution is 2.42. The summed E-state index contributed by atoms with van der Waals surface area (Å²) in [6, 6.07) is 3.32. The Morgan fingerprint density at radius 1 is 1.38 bits per heavy atom. The van der Waals surface area contributed by atoms with Crippen molar-refractivity contribution in [2.45, 2.75) is 49.4 Å². The molecule has 9 nitrogen and oxygen atoms in total. The van der Waals surface area contributed by atoms with E-state index in [2.05, 4.69) is 9.98 Å². The minimum absolute atomic E-state index is 0.0162. The summed E-state index contributed by atoms with van der Waals surface area (Å²) in [6.07, 6.45) is 2.28. The Bertz CT molecular complexity index is 1050. The van der Waals surface area contributed by atoms with Crippen LogP contribution in [0.2, 0.25) is 0 Å². The molecule has 0 unspecified atom stereocenters. The fourth-order valence-corrected chi connectivity index (χ4v) is 5.56. The number of furan rings is 1. The predicted octanol–water partition coefficient (Wildman–Crippen LogP) is 2.64. The van der Waals surface area contributed by atoms with Gasteiger partial charge in [0.05, 0.1) is 0 Å². The van der Waals surface area contributed by atoms with Gasteiger partial charge in [-0.3, -0.25) is 4.99 Å². The fourth-order valence-electron chi connectivity index (χ4n) is 2.76. The average Bonchev–Trinajstić information content (AvgIpc) is 3.34. The Hall–Kier alpha value is -2.37. The van der Waals surface area contributed by atoms with Gasteiger partial charge in [-0.1, -0.05) is 6.92 Å². The highest BCUT2D eigenvalue weighted by molar-refractivity contribution is 7.91. The summed E-state index contributed by atoms with van der Waals surface area (Å²) in [6.45, 7) is 3.77. The Morgan fingerprint density at radius 3 is 2.62 bits per heavy atom. The molecule has 1 aliphatic carbocycles. The standard InChI is InChI=1S/C18H25N5O4S2/c1-4-12(14-8-5-10(2)27-14)21-16(19)17(20)22-13-9-28-18(15(13)24)29(25,26)23(3)11-6-7-11/h5,8-9,11-12,24H,4,6-7H2,1-3H3,(H2,19,21)(H2,20,22)/t12-/m1/s1. The maximum atomic E-state index is 12.6. The number of nitrogens with zero attached hydrogens (tertiary/aromatic N) is 3. The molecule has 0 spiro atoms. The van der Waals surface area contributed by atoms with Crippen LogP contribution in [0.3, 0.4) is 0 Å². The van der Waals surface area contributed by atoms with E-state index in [0.717, 1.165) is 29.9 Å². The first-order valence-corrected chi connectivity index (χ1v) is 11.5. The second-order valence-electron chi connectivity index (χ2n) is 6.89. The summed E-state index contributed by atoms with van der Waals surface area (Å²) in [5.41, 5.74) is 11.9. The maximum absolute atomic E-state index is 12.6. The highest BCUT2D eigenvalue weighted by atomic mass is 32.2. The lowest BCUT2D eigenvalue weighted by molar-refractivity contribution is 0.442. The summed E-state index contributed by atoms with van der Waals surface area (Å²) < 4.78 is 32.0. The lowest BCUT2D eigenvalue weighted by Crippen LogP contribution is -2.31. The van der Waals surface area contributed by atoms with Crippen molar-refractivity contribution in [3.05, 3.63) is 29.0 Å². The number of nitrogens with two attached hydrogens (primary N) is 2. The Balaban J connectivity index is 1.85. The largest absolute Gasteiger partial charge is 0.504 e. The van der Waals surface area contributed by atoms with Crippen molar-refractivity contribution >= 4 is 38.7 Å². The van der Waals surface area contributed by atoms with Crippen LogP contribution in [-0.4, -0.2) is 42.6 Å². The molecular formula is C18H25N5O4S2. The number of hydrogen-bond acceptors (Lipinski definition) is 7. The minimum atomic E-state index is -3.78. The number of aromatic hydroxyl groups is 1. The van der Waals surface area contributed by atoms with Crippen LogP contribution >= 0.6 is 11.3 Å². The molecular weight excluding hydrogens is 414 g/mol. The van der Waals surface area contributed by atoms with E-state index in [1.807, 2.05) is 26.0 Å². The highest BCUT2D eigenvalue weighted by Gasteiger charge is 2.37. The summed E-state index contributed by atoms with van der Waals surface area (Å²) in [5, 5.41) is 11.8. The number of aryl methyl sites for hydroxylation is 1. The van der Waals surface area contributed by atoms with Crippen LogP contribution in [-0.2, 0) is 10.0 Å². The molecule has 0 aliphatic heterocycles. The number of amidine groups is 2. The van der Waals surface area contributed by atoms with Crippen LogP contribution < -0.4 is 11.5 Å². The second-order valence-corrected chi connectivity index (χ2v) is 9.97. The van der Waals surface area contributed by atoms with Gasteiger partial charge in [-0.25, -0.2) is 13.4 Å². The van der Waals surface area contributed by atoms with Gasteiger partial charge in [-0.05, 0) is 38.3 Å². The predicted molar refractivity (Wildman–Crippen MR) is 113 cm³/mol. The quantitative estimate of drug-likeness (QED) is 0.446. The lowest BCUT2D eigenvalue weighted by atomic mass is 10.2. The fraction of sp³-hybridized carbons (Fsp3) is 0.444. The monoisotopic (exact) mass is 439 g/mol. The van der Waals surface area contributed by atoms with Crippen LogP contribution in [0.15, 0.2) is 36.1 Å². The van der Waals surface area contributed by atoms with Crippen LogP contribution in [0.4, 0.5) is 5.69 Å². The summed E-state index contributed by atoms with van der Waals surface area (Å²) in [4.78, 5) is 8.44. The molecule has 1 aliphatic rings. The molecule has 2 aromatic rings. The molecule has 0 aromatic carbocycles. The molecule has 11 heteroatoms. The van der Waals surface area contributed by atoms with E-state index in [1.165, 1.54) is 16.7 Å². The van der Waals surface area contributed by atoms with Crippen molar-refractivity contribution < 1.29 is 17.9 Å². The zero-order valence-electron chi connectivity index (χ0n) is 16.5. The Morgan fingerprint density at radius 2 is 2.07 bits per heavy atom. The normalized spacial score (nSPS) is 17.1. The summed E-state index contributed by atoms with van der Waals surface area (Å²) >= 11 is 0.890. The lowest BCUT2D eigenvalue weighted by Gasteiger charge is -2.14. The first-order valence-electron chi connectivity index (χ1n) is 9.17. The number of aliphatic imine (C=N–C) groups is 2. The van der Waals surface area contributed by atoms with E-state index in [4.69, 9.17) is 15.9 Å². The Labute approximate surface area is 173 Å². The zero-order chi connectivity index (χ0) is 21.3. The first-order chi connectivity index (χ1) is 13.6. The maximum Gasteiger partial charge on any atom is 0.256 e. The van der Waals surface area contributed by atoms with Gasteiger partial charge in [0.1, 0.15) is 23.2 Å². The molecule has 1 fully saturated rings. The molecule has 29 heavy (non-hydrogen) atoms. The number of rotatable bonds is 7. The SMILES string of the molecule is CC[C@@H](N=C(N)C(N)=Nc1csc(S(=O)(=O)N(C)C2CC2)c1O)c1ccc(C)o1. The zero-order valence-corrected chi connectivity index (χ0v) is 18.1. The smallest absolute Gasteiger partial charge is 0.256 e. The summed E-state index contributed by atoms with van der Waals surface area (Å²) in [5.74, 6) is 0.861. The molecule has 0 amide bonds. The van der Waals surface area contributed by atoms with E-state index < -0.39 is 15.8 Å². The van der Waals surface area contributed by atoms with Crippen molar-refractivity contribution in [1.82, 2.24) is 4.31 Å². The molecule has 1 saturated carbocycles. The van der Waals surface area contributed by atoms with Crippen LogP contribution in [0.5, 0.6) is 5.75 Å². The molecule has 2 heterocycles. The number of sulfonamides is 1. The third-order valence-electron chi connectivity index (χ3n) is 4.66. The molecule has 1 atom stereocenters. The molecule has 0 radical (unpaired) electrons.